The summed E-state index contributed by atoms with van der Waals surface area (Å²) in [7, 11) is 0. The molecular weight excluding hydrogens is 358 g/mol. The van der Waals surface area contributed by atoms with Crippen molar-refractivity contribution in [1.82, 2.24) is 0 Å². The van der Waals surface area contributed by atoms with E-state index in [-0.39, 0.29) is 71.0 Å². The van der Waals surface area contributed by atoms with Crippen LogP contribution in [0.25, 0.3) is 0 Å². The Morgan fingerprint density at radius 1 is 0.875 bits per heavy atom. The molecule has 0 atom stereocenters. The van der Waals surface area contributed by atoms with Gasteiger partial charge in [0.05, 0.1) is 0 Å². The maximum absolute atomic E-state index is 2.04. The minimum Gasteiger partial charge on any atom is -1.00 e. The van der Waals surface area contributed by atoms with Gasteiger partial charge in [0.15, 0.2) is 0 Å². The third kappa shape index (κ3) is 7.93. The van der Waals surface area contributed by atoms with Crippen molar-refractivity contribution in [2.45, 2.75) is 0 Å². The van der Waals surface area contributed by atoms with Crippen molar-refractivity contribution in [1.29, 1.82) is 0 Å². The Morgan fingerprint density at radius 3 is 1.38 bits per heavy atom. The third-order valence-corrected chi connectivity index (χ3v) is 1.05. The average Bonchev–Trinajstić information content (AvgIpc) is 1.76. The standard InChI is InChI=1S/C4H4S.2HI.Mg/c1-2-4-5-3-1;;;/h1-4H;2*1H;/q;;;+2/p-2. The molecule has 0 saturated heterocycles. The van der Waals surface area contributed by atoms with Crippen LogP contribution in [0, 0.1) is 0 Å². The first-order chi connectivity index (χ1) is 2.50. The van der Waals surface area contributed by atoms with Crippen molar-refractivity contribution >= 4 is 34.4 Å². The quantitative estimate of drug-likeness (QED) is 0.322. The van der Waals surface area contributed by atoms with E-state index in [1.807, 2.05) is 22.9 Å². The van der Waals surface area contributed by atoms with Gasteiger partial charge in [-0.05, 0) is 10.8 Å². The molecule has 1 aromatic rings. The van der Waals surface area contributed by atoms with Crippen LogP contribution < -0.4 is 48.0 Å². The van der Waals surface area contributed by atoms with Crippen molar-refractivity contribution in [3.63, 3.8) is 0 Å². The summed E-state index contributed by atoms with van der Waals surface area (Å²) in [6, 6.07) is 4.04. The predicted octanol–water partition coefficient (Wildman–Crippen LogP) is -4.62. The Hall–Kier alpha value is 1.93. The van der Waals surface area contributed by atoms with Crippen LogP contribution in [0.5, 0.6) is 0 Å². The van der Waals surface area contributed by atoms with E-state index in [1.165, 1.54) is 0 Å². The van der Waals surface area contributed by atoms with Crippen LogP contribution in [0.15, 0.2) is 22.9 Å². The second-order valence-corrected chi connectivity index (χ2v) is 1.61. The molecule has 0 unspecified atom stereocenters. The van der Waals surface area contributed by atoms with E-state index >= 15 is 0 Å². The number of hydrogen-bond acceptors (Lipinski definition) is 1. The molecule has 1 aromatic heterocycles. The van der Waals surface area contributed by atoms with Crippen molar-refractivity contribution in [2.75, 3.05) is 0 Å². The molecular formula is C4H4I2MgS. The van der Waals surface area contributed by atoms with Gasteiger partial charge in [-0.3, -0.25) is 0 Å². The summed E-state index contributed by atoms with van der Waals surface area (Å²) < 4.78 is 0. The first-order valence-corrected chi connectivity index (χ1v) is 2.41. The molecule has 8 heavy (non-hydrogen) atoms. The van der Waals surface area contributed by atoms with Gasteiger partial charge in [0.1, 0.15) is 0 Å². The fourth-order valence-corrected chi connectivity index (χ4v) is 0.680. The molecule has 0 radical (unpaired) electrons. The van der Waals surface area contributed by atoms with Crippen molar-refractivity contribution in [2.24, 2.45) is 0 Å². The average molecular weight is 362 g/mol. The van der Waals surface area contributed by atoms with Gasteiger partial charge in [0.25, 0.3) is 0 Å². The van der Waals surface area contributed by atoms with Gasteiger partial charge in [-0.1, -0.05) is 12.1 Å². The van der Waals surface area contributed by atoms with Gasteiger partial charge in [-0.2, -0.15) is 11.3 Å². The summed E-state index contributed by atoms with van der Waals surface area (Å²) in [5.74, 6) is 0. The van der Waals surface area contributed by atoms with Crippen LogP contribution in [0.3, 0.4) is 0 Å². The fourth-order valence-electron chi connectivity index (χ4n) is 0.227. The first-order valence-electron chi connectivity index (χ1n) is 1.47. The molecule has 0 spiro atoms. The van der Waals surface area contributed by atoms with Crippen LogP contribution in [-0.4, -0.2) is 23.1 Å². The molecule has 0 bridgehead atoms. The number of thiophene rings is 1. The first kappa shape index (κ1) is 16.5. The molecule has 0 nitrogen and oxygen atoms in total. The maximum atomic E-state index is 2.04. The third-order valence-electron chi connectivity index (χ3n) is 0.425. The summed E-state index contributed by atoms with van der Waals surface area (Å²) >= 11 is 1.71. The molecule has 0 amide bonds. The van der Waals surface area contributed by atoms with Gasteiger partial charge in [0, 0.05) is 0 Å². The smallest absolute Gasteiger partial charge is 1.00 e. The summed E-state index contributed by atoms with van der Waals surface area (Å²) in [6.07, 6.45) is 0. The Labute approximate surface area is 104 Å². The monoisotopic (exact) mass is 362 g/mol. The van der Waals surface area contributed by atoms with E-state index in [1.54, 1.807) is 11.3 Å². The number of rotatable bonds is 0. The molecule has 0 aliphatic heterocycles. The Morgan fingerprint density at radius 2 is 1.25 bits per heavy atom. The second-order valence-electron chi connectivity index (χ2n) is 0.793. The normalized spacial score (nSPS) is 5.00. The van der Waals surface area contributed by atoms with E-state index in [0.717, 1.165) is 0 Å². The minimum absolute atomic E-state index is 0. The number of hydrogen-bond donors (Lipinski definition) is 0. The van der Waals surface area contributed by atoms with E-state index in [2.05, 4.69) is 0 Å². The minimum atomic E-state index is 0. The van der Waals surface area contributed by atoms with E-state index < -0.39 is 0 Å². The second kappa shape index (κ2) is 11.7. The van der Waals surface area contributed by atoms with Crippen LogP contribution in [0.4, 0.5) is 0 Å². The fraction of sp³-hybridized carbons (Fsp3) is 0. The summed E-state index contributed by atoms with van der Waals surface area (Å²) in [6.45, 7) is 0. The van der Waals surface area contributed by atoms with E-state index in [0.29, 0.717) is 0 Å². The van der Waals surface area contributed by atoms with Crippen LogP contribution in [0.2, 0.25) is 0 Å². The summed E-state index contributed by atoms with van der Waals surface area (Å²) in [5.41, 5.74) is 0. The Balaban J connectivity index is -0.0000000833. The van der Waals surface area contributed by atoms with Crippen LogP contribution in [0.1, 0.15) is 0 Å². The predicted molar refractivity (Wildman–Crippen MR) is 30.1 cm³/mol. The van der Waals surface area contributed by atoms with Gasteiger partial charge in [-0.15, -0.1) is 0 Å². The molecule has 0 aliphatic rings. The number of halogens is 2. The summed E-state index contributed by atoms with van der Waals surface area (Å²) in [4.78, 5) is 0. The zero-order valence-electron chi connectivity index (χ0n) is 4.18. The molecule has 42 valence electrons. The van der Waals surface area contributed by atoms with Gasteiger partial charge < -0.3 is 48.0 Å². The molecule has 0 N–H and O–H groups in total. The van der Waals surface area contributed by atoms with Gasteiger partial charge >= 0.3 is 23.1 Å². The van der Waals surface area contributed by atoms with Crippen molar-refractivity contribution in [3.05, 3.63) is 22.9 Å². The molecule has 0 aromatic carbocycles. The Bertz CT molecular complexity index is 70.5. The molecule has 0 fully saturated rings. The topological polar surface area (TPSA) is 0 Å². The SMILES string of the molecule is [I-].[I-].[Mg+2].c1ccsc1. The Kier molecular flexibility index (Phi) is 24.1. The van der Waals surface area contributed by atoms with Gasteiger partial charge in [-0.25, -0.2) is 0 Å². The van der Waals surface area contributed by atoms with Crippen LogP contribution >= 0.6 is 11.3 Å². The zero-order chi connectivity index (χ0) is 3.54. The van der Waals surface area contributed by atoms with E-state index in [9.17, 15) is 0 Å². The zero-order valence-corrected chi connectivity index (χ0v) is 10.7. The molecule has 1 heterocycles. The largest absolute Gasteiger partial charge is 2.00 e. The van der Waals surface area contributed by atoms with Crippen LogP contribution in [-0.2, 0) is 0 Å². The van der Waals surface area contributed by atoms with Crippen molar-refractivity contribution < 1.29 is 48.0 Å². The molecule has 0 saturated carbocycles. The molecule has 1 rings (SSSR count). The maximum Gasteiger partial charge on any atom is 2.00 e. The molecule has 4 heteroatoms. The van der Waals surface area contributed by atoms with E-state index in [4.69, 9.17) is 0 Å². The van der Waals surface area contributed by atoms with Gasteiger partial charge in [0.2, 0.25) is 0 Å². The molecule has 0 aliphatic carbocycles. The summed E-state index contributed by atoms with van der Waals surface area (Å²) in [5, 5.41) is 4.08. The van der Waals surface area contributed by atoms with Crippen molar-refractivity contribution in [3.8, 4) is 0 Å².